The van der Waals surface area contributed by atoms with Crippen molar-refractivity contribution in [2.24, 2.45) is 11.3 Å². The van der Waals surface area contributed by atoms with Gasteiger partial charge in [0, 0.05) is 37.3 Å². The van der Waals surface area contributed by atoms with E-state index in [2.05, 4.69) is 16.7 Å². The van der Waals surface area contributed by atoms with E-state index in [0.717, 1.165) is 19.3 Å². The number of ether oxygens (including phenoxy) is 2. The number of nitrogens with one attached hydrogen (secondary N) is 1. The third-order valence-electron chi connectivity index (χ3n) is 7.47. The molecule has 5 aliphatic rings. The molecular formula is C23H26FN3O3. The fourth-order valence-electron chi connectivity index (χ4n) is 5.83. The van der Waals surface area contributed by atoms with Crippen molar-refractivity contribution in [2.45, 2.75) is 49.8 Å². The van der Waals surface area contributed by atoms with Gasteiger partial charge in [0.1, 0.15) is 22.9 Å². The summed E-state index contributed by atoms with van der Waals surface area (Å²) >= 11 is 0. The van der Waals surface area contributed by atoms with Gasteiger partial charge in [-0.15, -0.1) is 0 Å². The quantitative estimate of drug-likeness (QED) is 0.774. The summed E-state index contributed by atoms with van der Waals surface area (Å²) in [6, 6.07) is 4.71. The molecule has 158 valence electrons. The monoisotopic (exact) mass is 411 g/mol. The van der Waals surface area contributed by atoms with Crippen LogP contribution in [0.1, 0.15) is 38.2 Å². The minimum absolute atomic E-state index is 0.0852. The Morgan fingerprint density at radius 3 is 2.87 bits per heavy atom. The predicted octanol–water partition coefficient (Wildman–Crippen LogP) is 3.20. The van der Waals surface area contributed by atoms with E-state index in [0.29, 0.717) is 30.2 Å². The zero-order valence-electron chi connectivity index (χ0n) is 17.3. The van der Waals surface area contributed by atoms with Crippen LogP contribution in [0.3, 0.4) is 0 Å². The normalized spacial score (nSPS) is 39.2. The first-order valence-electron chi connectivity index (χ1n) is 10.4. The topological polar surface area (TPSA) is 55.2 Å². The van der Waals surface area contributed by atoms with Gasteiger partial charge in [0.25, 0.3) is 0 Å². The maximum atomic E-state index is 15.1. The third-order valence-corrected chi connectivity index (χ3v) is 7.47. The SMILES string of the molecule is [C-]#[N+]C12CC(COc3ccc(F)c([C@]45CO[C@@H](C)C[C@H]4C(=O)N(C)C(=C)N5)c3)(C1)C2. The summed E-state index contributed by atoms with van der Waals surface area (Å²) in [5.41, 5.74) is -0.687. The second kappa shape index (κ2) is 6.21. The Balaban J connectivity index is 1.43. The number of amides is 1. The number of carbonyl (C=O) groups is 1. The van der Waals surface area contributed by atoms with Crippen molar-refractivity contribution in [3.8, 4) is 5.75 Å². The van der Waals surface area contributed by atoms with Gasteiger partial charge in [-0.2, -0.15) is 0 Å². The van der Waals surface area contributed by atoms with Crippen molar-refractivity contribution in [3.63, 3.8) is 0 Å². The lowest BCUT2D eigenvalue weighted by Gasteiger charge is -2.61. The summed E-state index contributed by atoms with van der Waals surface area (Å²) < 4.78 is 27.0. The molecule has 2 saturated heterocycles. The molecule has 3 aliphatic carbocycles. The van der Waals surface area contributed by atoms with Crippen LogP contribution in [0.25, 0.3) is 4.85 Å². The summed E-state index contributed by atoms with van der Waals surface area (Å²) in [7, 11) is 1.68. The molecule has 1 aromatic rings. The average Bonchev–Trinajstić information content (AvgIpc) is 2.66. The van der Waals surface area contributed by atoms with Crippen LogP contribution in [0.4, 0.5) is 4.39 Å². The van der Waals surface area contributed by atoms with E-state index in [1.165, 1.54) is 11.0 Å². The van der Waals surface area contributed by atoms with Gasteiger partial charge in [-0.25, -0.2) is 11.0 Å². The van der Waals surface area contributed by atoms with Crippen LogP contribution < -0.4 is 10.1 Å². The van der Waals surface area contributed by atoms with Crippen molar-refractivity contribution in [1.29, 1.82) is 0 Å². The molecule has 6 rings (SSSR count). The van der Waals surface area contributed by atoms with E-state index < -0.39 is 17.3 Å². The lowest BCUT2D eigenvalue weighted by molar-refractivity contribution is -0.153. The van der Waals surface area contributed by atoms with Crippen LogP contribution in [0.15, 0.2) is 30.6 Å². The van der Waals surface area contributed by atoms with Crippen LogP contribution in [-0.4, -0.2) is 42.7 Å². The van der Waals surface area contributed by atoms with Gasteiger partial charge in [0.15, 0.2) is 0 Å². The molecule has 1 aromatic carbocycles. The van der Waals surface area contributed by atoms with E-state index in [1.807, 2.05) is 6.92 Å². The van der Waals surface area contributed by atoms with Crippen molar-refractivity contribution in [2.75, 3.05) is 20.3 Å². The second-order valence-corrected chi connectivity index (χ2v) is 9.65. The number of hydrogen-bond acceptors (Lipinski definition) is 4. The lowest BCUT2D eigenvalue weighted by atomic mass is 9.40. The molecule has 2 bridgehead atoms. The van der Waals surface area contributed by atoms with Crippen molar-refractivity contribution < 1.29 is 18.7 Å². The van der Waals surface area contributed by atoms with Gasteiger partial charge in [0.05, 0.1) is 25.2 Å². The molecule has 1 amide bonds. The molecule has 7 heteroatoms. The zero-order valence-corrected chi connectivity index (χ0v) is 17.3. The first-order chi connectivity index (χ1) is 14.2. The smallest absolute Gasteiger partial charge is 0.234 e. The van der Waals surface area contributed by atoms with Gasteiger partial charge in [-0.3, -0.25) is 4.79 Å². The number of fused-ring (bicyclic) bond motifs is 1. The number of halogens is 1. The highest BCUT2D eigenvalue weighted by atomic mass is 19.1. The summed E-state index contributed by atoms with van der Waals surface area (Å²) in [5.74, 6) is 0.0492. The van der Waals surface area contributed by atoms with Gasteiger partial charge in [0.2, 0.25) is 11.4 Å². The van der Waals surface area contributed by atoms with Crippen molar-refractivity contribution >= 4 is 5.91 Å². The molecule has 5 fully saturated rings. The first kappa shape index (κ1) is 19.4. The predicted molar refractivity (Wildman–Crippen MR) is 108 cm³/mol. The Morgan fingerprint density at radius 1 is 1.43 bits per heavy atom. The van der Waals surface area contributed by atoms with E-state index in [9.17, 15) is 4.79 Å². The van der Waals surface area contributed by atoms with Crippen molar-refractivity contribution in [3.05, 3.63) is 53.4 Å². The molecule has 1 N–H and O–H groups in total. The number of carbonyl (C=O) groups excluding carboxylic acids is 1. The van der Waals surface area contributed by atoms with Crippen LogP contribution in [0.5, 0.6) is 5.75 Å². The molecule has 6 nitrogen and oxygen atoms in total. The zero-order chi connectivity index (χ0) is 21.3. The first-order valence-corrected chi connectivity index (χ1v) is 10.4. The Hall–Kier alpha value is -2.59. The van der Waals surface area contributed by atoms with E-state index in [1.54, 1.807) is 19.2 Å². The van der Waals surface area contributed by atoms with Crippen LogP contribution in [0.2, 0.25) is 0 Å². The highest BCUT2D eigenvalue weighted by Crippen LogP contribution is 2.69. The summed E-state index contributed by atoms with van der Waals surface area (Å²) in [6.45, 7) is 13.9. The van der Waals surface area contributed by atoms with Crippen LogP contribution in [0, 0.1) is 23.7 Å². The summed E-state index contributed by atoms with van der Waals surface area (Å²) in [4.78, 5) is 18.3. The average molecular weight is 411 g/mol. The Bertz CT molecular complexity index is 967. The Morgan fingerprint density at radius 2 is 2.17 bits per heavy atom. The summed E-state index contributed by atoms with van der Waals surface area (Å²) in [6.07, 6.45) is 3.07. The van der Waals surface area contributed by atoms with Crippen LogP contribution in [-0.2, 0) is 15.1 Å². The highest BCUT2D eigenvalue weighted by molar-refractivity contribution is 5.83. The second-order valence-electron chi connectivity index (χ2n) is 9.65. The third kappa shape index (κ3) is 2.59. The standard InChI is InChI=1S/C23H26FN3O3/c1-14-7-18-20(28)27(4)15(2)26-23(18,13-29-14)17-8-16(5-6-19(17)24)30-12-21-9-22(10-21,11-21)25-3/h5-6,8,14,18,26H,2,7,9-13H2,1,4H3/t14-,18-,21?,22?,23+/m0/s1. The number of rotatable bonds is 4. The highest BCUT2D eigenvalue weighted by Gasteiger charge is 2.74. The number of nitrogens with zero attached hydrogens (tertiary/aromatic N) is 2. The van der Waals surface area contributed by atoms with E-state index >= 15 is 4.39 Å². The Kier molecular flexibility index (Phi) is 4.01. The molecule has 2 aliphatic heterocycles. The maximum Gasteiger partial charge on any atom is 0.234 e. The minimum Gasteiger partial charge on any atom is -0.493 e. The summed E-state index contributed by atoms with van der Waals surface area (Å²) in [5, 5.41) is 3.29. The van der Waals surface area contributed by atoms with Crippen LogP contribution >= 0.6 is 0 Å². The number of hydrogen-bond donors (Lipinski definition) is 1. The lowest BCUT2D eigenvalue weighted by Crippen LogP contribution is -2.67. The fourth-order valence-corrected chi connectivity index (χ4v) is 5.83. The fraction of sp³-hybridized carbons (Fsp3) is 0.565. The van der Waals surface area contributed by atoms with Crippen molar-refractivity contribution in [1.82, 2.24) is 10.2 Å². The largest absolute Gasteiger partial charge is 0.493 e. The Labute approximate surface area is 175 Å². The molecule has 3 atom stereocenters. The van der Waals surface area contributed by atoms with Gasteiger partial charge in [-0.1, -0.05) is 6.58 Å². The van der Waals surface area contributed by atoms with E-state index in [4.69, 9.17) is 16.0 Å². The molecule has 0 aromatic heterocycles. The van der Waals surface area contributed by atoms with Gasteiger partial charge >= 0.3 is 0 Å². The van der Waals surface area contributed by atoms with Gasteiger partial charge < -0.3 is 24.5 Å². The minimum atomic E-state index is -1.01. The molecule has 0 spiro atoms. The molecular weight excluding hydrogens is 385 g/mol. The molecule has 0 radical (unpaired) electrons. The molecule has 3 saturated carbocycles. The van der Waals surface area contributed by atoms with Gasteiger partial charge in [-0.05, 0) is 31.5 Å². The maximum absolute atomic E-state index is 15.1. The number of benzene rings is 1. The molecule has 30 heavy (non-hydrogen) atoms. The molecule has 0 unspecified atom stereocenters. The molecule has 2 heterocycles. The van der Waals surface area contributed by atoms with E-state index in [-0.39, 0.29) is 29.6 Å².